The van der Waals surface area contributed by atoms with Gasteiger partial charge < -0.3 is 4.74 Å². The van der Waals surface area contributed by atoms with Crippen LogP contribution in [0.4, 0.5) is 4.79 Å². The Hall–Kier alpha value is -0.740. The first kappa shape index (κ1) is 28.8. The van der Waals surface area contributed by atoms with Crippen molar-refractivity contribution in [2.75, 3.05) is 0 Å². The van der Waals surface area contributed by atoms with Crippen molar-refractivity contribution in [3.63, 3.8) is 0 Å². The lowest BCUT2D eigenvalue weighted by molar-refractivity contribution is -0.0300. The highest BCUT2D eigenvalue weighted by Gasteiger charge is 2.56. The van der Waals surface area contributed by atoms with E-state index in [0.29, 0.717) is 16.4 Å². The van der Waals surface area contributed by atoms with E-state index < -0.39 is 0 Å². The van der Waals surface area contributed by atoms with Crippen LogP contribution in [0.5, 0.6) is 5.75 Å². The molecule has 0 aromatic heterocycles. The van der Waals surface area contributed by atoms with Gasteiger partial charge in [0.05, 0.1) is 0 Å². The minimum atomic E-state index is -0.163. The van der Waals surface area contributed by atoms with Gasteiger partial charge in [-0.15, -0.1) is 0 Å². The topological polar surface area (TPSA) is 26.3 Å². The molecule has 0 aliphatic heterocycles. The van der Waals surface area contributed by atoms with E-state index in [-0.39, 0.29) is 5.30 Å². The second kappa shape index (κ2) is 12.0. The summed E-state index contributed by atoms with van der Waals surface area (Å²) in [6.45, 7) is 12.5. The first-order chi connectivity index (χ1) is 18.2. The zero-order valence-electron chi connectivity index (χ0n) is 24.3. The van der Waals surface area contributed by atoms with Crippen LogP contribution in [-0.4, -0.2) is 10.6 Å². The van der Waals surface area contributed by atoms with Gasteiger partial charge in [-0.05, 0) is 134 Å². The van der Waals surface area contributed by atoms with E-state index in [0.717, 1.165) is 64.7 Å². The zero-order chi connectivity index (χ0) is 27.0. The molecule has 0 N–H and O–H groups in total. The summed E-state index contributed by atoms with van der Waals surface area (Å²) >= 11 is 4.86. The number of thioether (sulfide) groups is 1. The van der Waals surface area contributed by atoms with Gasteiger partial charge in [0.25, 0.3) is 0 Å². The number of hydrogen-bond acceptors (Lipinski definition) is 3. The van der Waals surface area contributed by atoms with E-state index in [1.165, 1.54) is 63.1 Å². The van der Waals surface area contributed by atoms with Crippen molar-refractivity contribution in [1.29, 1.82) is 0 Å². The summed E-state index contributed by atoms with van der Waals surface area (Å²) in [6.07, 6.45) is 15.9. The molecule has 0 amide bonds. The highest BCUT2D eigenvalue weighted by Crippen LogP contribution is 2.64. The standard InChI is InChI=1S/C34H49BrO2S/c1-21(2)7-6-8-22(3)28-15-16-30-29-14-9-24-20-27(38-33(36)37-26-12-10-25(35)11-13-26)17-18-34(24,5)31(29)19-23(4)32(28)30/h9-13,21-23,27-32H,6-8,14-20H2,1-5H3/t22-,23+,27+,28-,29-,30+,31+,32-,34-/m0/s1. The highest BCUT2D eigenvalue weighted by molar-refractivity contribution is 9.10. The Bertz CT molecular complexity index is 1000. The maximum Gasteiger partial charge on any atom is 0.372 e. The second-order valence-corrected chi connectivity index (χ2v) is 16.1. The molecule has 0 spiro atoms. The first-order valence-electron chi connectivity index (χ1n) is 15.5. The van der Waals surface area contributed by atoms with Gasteiger partial charge in [0, 0.05) is 9.72 Å². The van der Waals surface area contributed by atoms with E-state index >= 15 is 0 Å². The number of carbonyl (C=O) groups excluding carboxylic acids is 1. The van der Waals surface area contributed by atoms with Crippen LogP contribution in [0.1, 0.15) is 98.8 Å². The summed E-state index contributed by atoms with van der Waals surface area (Å²) in [5.41, 5.74) is 1.98. The number of benzene rings is 1. The Morgan fingerprint density at radius 3 is 2.61 bits per heavy atom. The summed E-state index contributed by atoms with van der Waals surface area (Å²) < 4.78 is 6.62. The van der Waals surface area contributed by atoms with Crippen molar-refractivity contribution >= 4 is 33.0 Å². The van der Waals surface area contributed by atoms with Gasteiger partial charge in [-0.2, -0.15) is 0 Å². The molecule has 38 heavy (non-hydrogen) atoms. The van der Waals surface area contributed by atoms with E-state index in [1.807, 2.05) is 24.3 Å². The second-order valence-electron chi connectivity index (χ2n) is 13.9. The highest BCUT2D eigenvalue weighted by atomic mass is 79.9. The predicted molar refractivity (Wildman–Crippen MR) is 165 cm³/mol. The van der Waals surface area contributed by atoms with E-state index in [1.54, 1.807) is 5.57 Å². The molecule has 0 heterocycles. The normalized spacial score (nSPS) is 37.1. The SMILES string of the molecule is CC(C)CCC[C@H](C)[C@@H]1CC[C@@H]2[C@@H]3CC=C4C[C@H](SC(=O)Oc5ccc(Br)cc5)CC[C@]4(C)[C@@H]3C[C@@H](C)[C@H]21. The molecule has 4 heteroatoms. The lowest BCUT2D eigenvalue weighted by atomic mass is 9.48. The first-order valence-corrected chi connectivity index (χ1v) is 17.2. The summed E-state index contributed by atoms with van der Waals surface area (Å²) in [6, 6.07) is 7.53. The summed E-state index contributed by atoms with van der Waals surface area (Å²) in [7, 11) is 0. The fourth-order valence-corrected chi connectivity index (χ4v) is 10.5. The smallest absolute Gasteiger partial charge is 0.372 e. The number of fused-ring (bicyclic) bond motifs is 5. The monoisotopic (exact) mass is 600 g/mol. The molecule has 1 aromatic rings. The maximum atomic E-state index is 12.7. The van der Waals surface area contributed by atoms with Crippen LogP contribution in [0, 0.1) is 52.8 Å². The average Bonchev–Trinajstić information content (AvgIpc) is 3.32. The van der Waals surface area contributed by atoms with Gasteiger partial charge in [0.15, 0.2) is 0 Å². The molecule has 3 fully saturated rings. The maximum absolute atomic E-state index is 12.7. The molecular weight excluding hydrogens is 552 g/mol. The lowest BCUT2D eigenvalue weighted by Gasteiger charge is -2.57. The number of allylic oxidation sites excluding steroid dienone is 2. The number of ether oxygens (including phenoxy) is 1. The summed E-state index contributed by atoms with van der Waals surface area (Å²) in [4.78, 5) is 12.7. The van der Waals surface area contributed by atoms with Crippen molar-refractivity contribution in [2.24, 2.45) is 52.8 Å². The van der Waals surface area contributed by atoms with Crippen molar-refractivity contribution in [3.05, 3.63) is 40.4 Å². The lowest BCUT2D eigenvalue weighted by Crippen LogP contribution is -2.49. The number of rotatable bonds is 7. The minimum absolute atomic E-state index is 0.163. The quantitative estimate of drug-likeness (QED) is 0.230. The molecule has 9 atom stereocenters. The molecule has 4 aliphatic rings. The molecule has 0 saturated heterocycles. The van der Waals surface area contributed by atoms with Crippen molar-refractivity contribution in [1.82, 2.24) is 0 Å². The third-order valence-electron chi connectivity index (χ3n) is 11.2. The predicted octanol–water partition coefficient (Wildman–Crippen LogP) is 10.9. The van der Waals surface area contributed by atoms with Crippen molar-refractivity contribution < 1.29 is 9.53 Å². The molecule has 4 aliphatic carbocycles. The van der Waals surface area contributed by atoms with Gasteiger partial charge in [-0.1, -0.05) is 81.5 Å². The fraction of sp³-hybridized carbons (Fsp3) is 0.735. The molecule has 5 rings (SSSR count). The molecule has 3 saturated carbocycles. The van der Waals surface area contributed by atoms with Crippen LogP contribution in [0.2, 0.25) is 0 Å². The largest absolute Gasteiger partial charge is 0.418 e. The number of halogens is 1. The fourth-order valence-electron chi connectivity index (χ4n) is 9.34. The average molecular weight is 602 g/mol. The molecule has 0 unspecified atom stereocenters. The number of carbonyl (C=O) groups is 1. The van der Waals surface area contributed by atoms with Crippen LogP contribution >= 0.6 is 27.7 Å². The summed E-state index contributed by atoms with van der Waals surface area (Å²) in [5, 5.41) is 0.175. The minimum Gasteiger partial charge on any atom is -0.418 e. The van der Waals surface area contributed by atoms with Crippen LogP contribution in [0.15, 0.2) is 40.4 Å². The molecule has 1 aromatic carbocycles. The Balaban J connectivity index is 1.21. The molecular formula is C34H49BrO2S. The van der Waals surface area contributed by atoms with E-state index in [4.69, 9.17) is 4.74 Å². The Morgan fingerprint density at radius 2 is 1.87 bits per heavy atom. The zero-order valence-corrected chi connectivity index (χ0v) is 26.7. The Morgan fingerprint density at radius 1 is 1.11 bits per heavy atom. The van der Waals surface area contributed by atoms with Crippen LogP contribution in [0.25, 0.3) is 0 Å². The molecule has 2 nitrogen and oxygen atoms in total. The van der Waals surface area contributed by atoms with E-state index in [9.17, 15) is 4.79 Å². The van der Waals surface area contributed by atoms with Crippen molar-refractivity contribution in [2.45, 2.75) is 104 Å². The molecule has 0 radical (unpaired) electrons. The van der Waals surface area contributed by atoms with Crippen molar-refractivity contribution in [3.8, 4) is 5.75 Å². The Kier molecular flexibility index (Phi) is 9.10. The van der Waals surface area contributed by atoms with Gasteiger partial charge in [0.1, 0.15) is 5.75 Å². The van der Waals surface area contributed by atoms with Crippen LogP contribution in [0.3, 0.4) is 0 Å². The van der Waals surface area contributed by atoms with Crippen LogP contribution in [-0.2, 0) is 0 Å². The molecule has 0 bridgehead atoms. The van der Waals surface area contributed by atoms with Gasteiger partial charge in [0.2, 0.25) is 0 Å². The third kappa shape index (κ3) is 5.97. The van der Waals surface area contributed by atoms with E-state index in [2.05, 4.69) is 56.6 Å². The summed E-state index contributed by atoms with van der Waals surface area (Å²) in [5.74, 6) is 7.74. The van der Waals surface area contributed by atoms with Gasteiger partial charge in [-0.25, -0.2) is 4.79 Å². The van der Waals surface area contributed by atoms with Gasteiger partial charge >= 0.3 is 5.30 Å². The van der Waals surface area contributed by atoms with Crippen LogP contribution < -0.4 is 4.74 Å². The van der Waals surface area contributed by atoms with Gasteiger partial charge in [-0.3, -0.25) is 0 Å². The Labute approximate surface area is 244 Å². The third-order valence-corrected chi connectivity index (χ3v) is 12.8. The molecule has 210 valence electrons. The number of hydrogen-bond donors (Lipinski definition) is 0.